The van der Waals surface area contributed by atoms with Crippen LogP contribution in [0.15, 0.2) is 35.1 Å². The molecule has 1 fully saturated rings. The molecular weight excluding hydrogens is 366 g/mol. The Labute approximate surface area is 169 Å². The van der Waals surface area contributed by atoms with Crippen LogP contribution in [0.2, 0.25) is 0 Å². The van der Waals surface area contributed by atoms with Crippen LogP contribution in [0, 0.1) is 13.8 Å². The summed E-state index contributed by atoms with van der Waals surface area (Å²) in [7, 11) is 0. The second-order valence-corrected chi connectivity index (χ2v) is 7.82. The van der Waals surface area contributed by atoms with Crippen molar-refractivity contribution in [2.75, 3.05) is 0 Å². The second-order valence-electron chi connectivity index (χ2n) is 7.82. The number of nitrogens with one attached hydrogen (secondary N) is 1. The SMILES string of the molecule is Cc1nn(CCC(=O)NC2CCCCC2)c(=O)c2nn(-c3ccccc3)c(C)c12. The second kappa shape index (κ2) is 8.19. The number of carbonyl (C=O) groups is 1. The van der Waals surface area contributed by atoms with Gasteiger partial charge in [-0.25, -0.2) is 9.36 Å². The molecule has 2 heterocycles. The lowest BCUT2D eigenvalue weighted by Crippen LogP contribution is -2.37. The first-order valence-corrected chi connectivity index (χ1v) is 10.4. The summed E-state index contributed by atoms with van der Waals surface area (Å²) in [5.41, 5.74) is 2.67. The molecule has 1 saturated carbocycles. The minimum absolute atomic E-state index is 0.0191. The minimum Gasteiger partial charge on any atom is -0.353 e. The van der Waals surface area contributed by atoms with E-state index in [1.807, 2.05) is 44.2 Å². The quantitative estimate of drug-likeness (QED) is 0.722. The Morgan fingerprint density at radius 3 is 2.55 bits per heavy atom. The van der Waals surface area contributed by atoms with E-state index >= 15 is 0 Å². The molecule has 1 amide bonds. The number of nitrogens with zero attached hydrogens (tertiary/aromatic N) is 4. The number of aromatic nitrogens is 4. The van der Waals surface area contributed by atoms with E-state index in [0.717, 1.165) is 35.3 Å². The van der Waals surface area contributed by atoms with Gasteiger partial charge in [0.1, 0.15) is 0 Å². The summed E-state index contributed by atoms with van der Waals surface area (Å²) in [5, 5.41) is 12.9. The van der Waals surface area contributed by atoms with Gasteiger partial charge in [-0.05, 0) is 38.8 Å². The topological polar surface area (TPSA) is 81.8 Å². The fourth-order valence-electron chi connectivity index (χ4n) is 4.21. The number of hydrogen-bond donors (Lipinski definition) is 1. The fourth-order valence-corrected chi connectivity index (χ4v) is 4.21. The first-order valence-electron chi connectivity index (χ1n) is 10.4. The fraction of sp³-hybridized carbons (Fsp3) is 0.455. The van der Waals surface area contributed by atoms with Crippen LogP contribution in [-0.2, 0) is 11.3 Å². The third kappa shape index (κ3) is 3.95. The Morgan fingerprint density at radius 1 is 1.10 bits per heavy atom. The van der Waals surface area contributed by atoms with Crippen molar-refractivity contribution in [3.8, 4) is 5.69 Å². The number of rotatable bonds is 5. The molecule has 1 aliphatic rings. The maximum absolute atomic E-state index is 13.0. The third-order valence-electron chi connectivity index (χ3n) is 5.71. The molecule has 29 heavy (non-hydrogen) atoms. The zero-order valence-electron chi connectivity index (χ0n) is 17.0. The third-order valence-corrected chi connectivity index (χ3v) is 5.71. The van der Waals surface area contributed by atoms with Crippen molar-refractivity contribution in [3.05, 3.63) is 52.1 Å². The molecule has 0 bridgehead atoms. The van der Waals surface area contributed by atoms with Gasteiger partial charge in [0, 0.05) is 12.5 Å². The summed E-state index contributed by atoms with van der Waals surface area (Å²) in [5.74, 6) is -0.0191. The average molecular weight is 393 g/mol. The number of carbonyl (C=O) groups excluding carboxylic acids is 1. The van der Waals surface area contributed by atoms with Crippen LogP contribution in [0.1, 0.15) is 49.9 Å². The molecule has 0 unspecified atom stereocenters. The zero-order chi connectivity index (χ0) is 20.4. The summed E-state index contributed by atoms with van der Waals surface area (Å²) in [4.78, 5) is 25.3. The van der Waals surface area contributed by atoms with Crippen LogP contribution >= 0.6 is 0 Å². The Bertz CT molecular complexity index is 1080. The molecule has 0 spiro atoms. The molecule has 1 aromatic carbocycles. The van der Waals surface area contributed by atoms with Gasteiger partial charge in [0.2, 0.25) is 5.91 Å². The van der Waals surface area contributed by atoms with Crippen molar-refractivity contribution < 1.29 is 4.79 Å². The number of amides is 1. The summed E-state index contributed by atoms with van der Waals surface area (Å²) in [6, 6.07) is 10.0. The zero-order valence-corrected chi connectivity index (χ0v) is 17.0. The van der Waals surface area contributed by atoms with Crippen molar-refractivity contribution in [1.29, 1.82) is 0 Å². The van der Waals surface area contributed by atoms with E-state index in [2.05, 4.69) is 15.5 Å². The first-order chi connectivity index (χ1) is 14.0. The smallest absolute Gasteiger partial charge is 0.295 e. The Hall–Kier alpha value is -2.96. The van der Waals surface area contributed by atoms with Crippen molar-refractivity contribution in [2.45, 2.75) is 65.0 Å². The van der Waals surface area contributed by atoms with Crippen LogP contribution in [-0.4, -0.2) is 31.5 Å². The number of benzene rings is 1. The molecule has 4 rings (SSSR count). The summed E-state index contributed by atoms with van der Waals surface area (Å²) >= 11 is 0. The van der Waals surface area contributed by atoms with Gasteiger partial charge >= 0.3 is 0 Å². The minimum atomic E-state index is -0.256. The number of hydrogen-bond acceptors (Lipinski definition) is 4. The van der Waals surface area contributed by atoms with E-state index in [1.165, 1.54) is 23.9 Å². The van der Waals surface area contributed by atoms with Crippen LogP contribution in [0.25, 0.3) is 16.6 Å². The van der Waals surface area contributed by atoms with Gasteiger partial charge in [-0.15, -0.1) is 0 Å². The number of aryl methyl sites for hydroxylation is 3. The lowest BCUT2D eigenvalue weighted by atomic mass is 9.95. The predicted molar refractivity (Wildman–Crippen MR) is 112 cm³/mol. The number of para-hydroxylation sites is 1. The molecule has 1 N–H and O–H groups in total. The maximum Gasteiger partial charge on any atom is 0.295 e. The molecule has 0 saturated heterocycles. The van der Waals surface area contributed by atoms with Crippen LogP contribution < -0.4 is 10.9 Å². The summed E-state index contributed by atoms with van der Waals surface area (Å²) in [6.45, 7) is 4.08. The summed E-state index contributed by atoms with van der Waals surface area (Å²) in [6.07, 6.45) is 5.93. The van der Waals surface area contributed by atoms with E-state index < -0.39 is 0 Å². The van der Waals surface area contributed by atoms with Crippen molar-refractivity contribution in [3.63, 3.8) is 0 Å². The standard InChI is InChI=1S/C22H27N5O2/c1-15-20-16(2)27(18-11-7-4-8-12-18)25-21(20)22(29)26(24-15)14-13-19(28)23-17-9-5-3-6-10-17/h4,7-8,11-12,17H,3,5-6,9-10,13-14H2,1-2H3,(H,23,28). The van der Waals surface area contributed by atoms with Crippen molar-refractivity contribution in [1.82, 2.24) is 24.9 Å². The molecule has 0 atom stereocenters. The highest BCUT2D eigenvalue weighted by Crippen LogP contribution is 2.21. The molecule has 2 aromatic heterocycles. The predicted octanol–water partition coefficient (Wildman–Crippen LogP) is 3.04. The highest BCUT2D eigenvalue weighted by Gasteiger charge is 2.19. The van der Waals surface area contributed by atoms with Crippen LogP contribution in [0.4, 0.5) is 0 Å². The van der Waals surface area contributed by atoms with E-state index in [9.17, 15) is 9.59 Å². The maximum atomic E-state index is 13.0. The molecule has 7 heteroatoms. The Balaban J connectivity index is 1.57. The normalized spacial score (nSPS) is 15.0. The van der Waals surface area contributed by atoms with Gasteiger partial charge < -0.3 is 5.32 Å². The lowest BCUT2D eigenvalue weighted by Gasteiger charge is -2.22. The highest BCUT2D eigenvalue weighted by atomic mass is 16.2. The van der Waals surface area contributed by atoms with Gasteiger partial charge in [-0.2, -0.15) is 10.2 Å². The van der Waals surface area contributed by atoms with E-state index in [-0.39, 0.29) is 30.5 Å². The highest BCUT2D eigenvalue weighted by molar-refractivity contribution is 5.83. The molecule has 1 aliphatic carbocycles. The van der Waals surface area contributed by atoms with E-state index in [1.54, 1.807) is 4.68 Å². The van der Waals surface area contributed by atoms with Gasteiger partial charge in [0.15, 0.2) is 5.52 Å². The molecule has 152 valence electrons. The largest absolute Gasteiger partial charge is 0.353 e. The average Bonchev–Trinajstić information content (AvgIpc) is 3.09. The Morgan fingerprint density at radius 2 is 1.83 bits per heavy atom. The Kier molecular flexibility index (Phi) is 5.47. The van der Waals surface area contributed by atoms with Crippen LogP contribution in [0.5, 0.6) is 0 Å². The molecule has 7 nitrogen and oxygen atoms in total. The van der Waals surface area contributed by atoms with E-state index in [4.69, 9.17) is 0 Å². The van der Waals surface area contributed by atoms with Crippen LogP contribution in [0.3, 0.4) is 0 Å². The molecular formula is C22H27N5O2. The lowest BCUT2D eigenvalue weighted by molar-refractivity contribution is -0.122. The monoisotopic (exact) mass is 393 g/mol. The van der Waals surface area contributed by atoms with Crippen molar-refractivity contribution >= 4 is 16.8 Å². The van der Waals surface area contributed by atoms with Gasteiger partial charge in [-0.3, -0.25) is 9.59 Å². The number of fused-ring (bicyclic) bond motifs is 1. The summed E-state index contributed by atoms with van der Waals surface area (Å²) < 4.78 is 3.15. The van der Waals surface area contributed by atoms with Gasteiger partial charge in [0.05, 0.1) is 29.0 Å². The molecule has 3 aromatic rings. The first kappa shape index (κ1) is 19.4. The van der Waals surface area contributed by atoms with Gasteiger partial charge in [-0.1, -0.05) is 37.5 Å². The van der Waals surface area contributed by atoms with Crippen molar-refractivity contribution in [2.24, 2.45) is 0 Å². The van der Waals surface area contributed by atoms with E-state index in [0.29, 0.717) is 5.52 Å². The molecule has 0 aliphatic heterocycles. The molecule has 0 radical (unpaired) electrons. The van der Waals surface area contributed by atoms with Gasteiger partial charge in [0.25, 0.3) is 5.56 Å².